The molecular weight excluding hydrogens is 308 g/mol. The van der Waals surface area contributed by atoms with Crippen LogP contribution in [0.5, 0.6) is 0 Å². The molecule has 4 nitrogen and oxygen atoms in total. The van der Waals surface area contributed by atoms with Crippen LogP contribution in [0.1, 0.15) is 15.2 Å². The number of carboxylic acid groups (broad SMARTS) is 1. The van der Waals surface area contributed by atoms with Crippen molar-refractivity contribution in [1.82, 2.24) is 0 Å². The summed E-state index contributed by atoms with van der Waals surface area (Å²) in [5, 5.41) is 10.7. The molecule has 1 N–H and O–H groups in total. The van der Waals surface area contributed by atoms with Gasteiger partial charge in [-0.3, -0.25) is 0 Å². The lowest BCUT2D eigenvalue weighted by Gasteiger charge is -2.06. The molecule has 1 heterocycles. The monoisotopic (exact) mass is 316 g/mol. The Kier molecular flexibility index (Phi) is 3.93. The van der Waals surface area contributed by atoms with Crippen molar-refractivity contribution in [3.8, 4) is 0 Å². The summed E-state index contributed by atoms with van der Waals surface area (Å²) >= 11 is 6.86. The van der Waals surface area contributed by atoms with Gasteiger partial charge in [-0.15, -0.1) is 11.3 Å². The molecule has 0 unspecified atom stereocenters. The zero-order valence-corrected chi connectivity index (χ0v) is 11.9. The van der Waals surface area contributed by atoms with Crippen LogP contribution in [0.15, 0.2) is 40.6 Å². The van der Waals surface area contributed by atoms with E-state index >= 15 is 0 Å². The smallest absolute Gasteiger partial charge is 0.346 e. The van der Waals surface area contributed by atoms with Gasteiger partial charge in [0.25, 0.3) is 0 Å². The third-order valence-corrected chi connectivity index (χ3v) is 5.56. The van der Waals surface area contributed by atoms with Gasteiger partial charge in [0.1, 0.15) is 4.88 Å². The van der Waals surface area contributed by atoms with E-state index in [0.717, 1.165) is 11.3 Å². The van der Waals surface area contributed by atoms with E-state index in [1.165, 1.54) is 18.2 Å². The highest BCUT2D eigenvalue weighted by atomic mass is 35.5. The predicted molar refractivity (Wildman–Crippen MR) is 73.6 cm³/mol. The van der Waals surface area contributed by atoms with E-state index in [1.807, 2.05) is 0 Å². The Morgan fingerprint density at radius 2 is 1.95 bits per heavy atom. The van der Waals surface area contributed by atoms with Crippen LogP contribution in [-0.2, 0) is 15.6 Å². The van der Waals surface area contributed by atoms with Gasteiger partial charge in [-0.2, -0.15) is 0 Å². The number of carbonyl (C=O) groups is 1. The van der Waals surface area contributed by atoms with Gasteiger partial charge in [-0.1, -0.05) is 23.7 Å². The van der Waals surface area contributed by atoms with Crippen molar-refractivity contribution >= 4 is 38.7 Å². The topological polar surface area (TPSA) is 71.4 Å². The molecule has 2 aromatic rings. The fourth-order valence-electron chi connectivity index (χ4n) is 1.62. The maximum absolute atomic E-state index is 12.2. The quantitative estimate of drug-likeness (QED) is 0.941. The lowest BCUT2D eigenvalue weighted by atomic mass is 10.3. The molecule has 0 spiro atoms. The molecule has 0 aliphatic carbocycles. The van der Waals surface area contributed by atoms with Crippen molar-refractivity contribution in [2.24, 2.45) is 0 Å². The summed E-state index contributed by atoms with van der Waals surface area (Å²) in [5.74, 6) is -1.50. The maximum atomic E-state index is 12.2. The van der Waals surface area contributed by atoms with Crippen molar-refractivity contribution < 1.29 is 18.3 Å². The number of carboxylic acids is 1. The first-order valence-corrected chi connectivity index (χ1v) is 8.10. The fourth-order valence-corrected chi connectivity index (χ4v) is 4.41. The average Bonchev–Trinajstić information content (AvgIpc) is 2.76. The summed E-state index contributed by atoms with van der Waals surface area (Å²) in [6.45, 7) is 0. The van der Waals surface area contributed by atoms with E-state index < -0.39 is 15.8 Å². The van der Waals surface area contributed by atoms with Crippen molar-refractivity contribution in [1.29, 1.82) is 0 Å². The Morgan fingerprint density at radius 1 is 1.26 bits per heavy atom. The van der Waals surface area contributed by atoms with Gasteiger partial charge in [-0.05, 0) is 29.1 Å². The first-order valence-electron chi connectivity index (χ1n) is 5.19. The standard InChI is InChI=1S/C12H9ClO4S2/c13-9-3-1-2-4-10(9)19(16,17)7-8-5-6-18-11(8)12(14)15/h1-6H,7H2,(H,14,15). The zero-order chi connectivity index (χ0) is 14.0. The van der Waals surface area contributed by atoms with Gasteiger partial charge in [0.15, 0.2) is 9.84 Å². The van der Waals surface area contributed by atoms with Crippen molar-refractivity contribution in [3.05, 3.63) is 51.2 Å². The highest BCUT2D eigenvalue weighted by molar-refractivity contribution is 7.90. The number of halogens is 1. The second-order valence-corrected chi connectivity index (χ2v) is 7.05. The number of hydrogen-bond donors (Lipinski definition) is 1. The minimum Gasteiger partial charge on any atom is -0.477 e. The van der Waals surface area contributed by atoms with Crippen LogP contribution in [0, 0.1) is 0 Å². The van der Waals surface area contributed by atoms with Crippen LogP contribution < -0.4 is 0 Å². The van der Waals surface area contributed by atoms with E-state index in [4.69, 9.17) is 16.7 Å². The number of aromatic carboxylic acids is 1. The van der Waals surface area contributed by atoms with Gasteiger partial charge in [0.2, 0.25) is 0 Å². The number of hydrogen-bond acceptors (Lipinski definition) is 4. The molecule has 0 fully saturated rings. The fraction of sp³-hybridized carbons (Fsp3) is 0.0833. The highest BCUT2D eigenvalue weighted by Crippen LogP contribution is 2.27. The molecule has 0 atom stereocenters. The molecule has 100 valence electrons. The van der Waals surface area contributed by atoms with E-state index in [2.05, 4.69) is 0 Å². The number of rotatable bonds is 4. The second-order valence-electron chi connectivity index (χ2n) is 3.77. The van der Waals surface area contributed by atoms with Crippen molar-refractivity contribution in [2.45, 2.75) is 10.6 Å². The summed E-state index contributed by atoms with van der Waals surface area (Å²) in [6, 6.07) is 7.60. The molecular formula is C12H9ClO4S2. The second kappa shape index (κ2) is 5.32. The highest BCUT2D eigenvalue weighted by Gasteiger charge is 2.22. The largest absolute Gasteiger partial charge is 0.477 e. The first kappa shape index (κ1) is 14.0. The van der Waals surface area contributed by atoms with Crippen molar-refractivity contribution in [2.75, 3.05) is 0 Å². The van der Waals surface area contributed by atoms with Gasteiger partial charge in [0.05, 0.1) is 15.7 Å². The van der Waals surface area contributed by atoms with E-state index in [0.29, 0.717) is 0 Å². The minimum absolute atomic E-state index is 0.0132. The Morgan fingerprint density at radius 3 is 2.58 bits per heavy atom. The Labute approximate surface area is 119 Å². The number of benzene rings is 1. The zero-order valence-electron chi connectivity index (χ0n) is 9.54. The SMILES string of the molecule is O=C(O)c1sccc1CS(=O)(=O)c1ccccc1Cl. The molecule has 0 saturated carbocycles. The van der Waals surface area contributed by atoms with Gasteiger partial charge in [-0.25, -0.2) is 13.2 Å². The Balaban J connectivity index is 2.40. The molecule has 1 aromatic heterocycles. The summed E-state index contributed by atoms with van der Waals surface area (Å²) in [7, 11) is -3.66. The molecule has 19 heavy (non-hydrogen) atoms. The Bertz CT molecular complexity index is 719. The van der Waals surface area contributed by atoms with Gasteiger partial charge in [0, 0.05) is 0 Å². The third-order valence-electron chi connectivity index (χ3n) is 2.46. The molecule has 0 radical (unpaired) electrons. The lowest BCUT2D eigenvalue weighted by Crippen LogP contribution is -2.08. The van der Waals surface area contributed by atoms with Gasteiger partial charge >= 0.3 is 5.97 Å². The van der Waals surface area contributed by atoms with Crippen LogP contribution in [-0.4, -0.2) is 19.5 Å². The molecule has 7 heteroatoms. The van der Waals surface area contributed by atoms with Gasteiger partial charge < -0.3 is 5.11 Å². The molecule has 2 rings (SSSR count). The number of sulfone groups is 1. The molecule has 0 aliphatic rings. The summed E-state index contributed by atoms with van der Waals surface area (Å²) < 4.78 is 24.4. The van der Waals surface area contributed by atoms with Crippen LogP contribution in [0.25, 0.3) is 0 Å². The van der Waals surface area contributed by atoms with Crippen LogP contribution in [0.2, 0.25) is 5.02 Å². The molecule has 0 aliphatic heterocycles. The average molecular weight is 317 g/mol. The minimum atomic E-state index is -3.66. The predicted octanol–water partition coefficient (Wildman–Crippen LogP) is 3.07. The summed E-state index contributed by atoms with van der Waals surface area (Å²) in [5.41, 5.74) is 0.275. The van der Waals surface area contributed by atoms with Crippen molar-refractivity contribution in [3.63, 3.8) is 0 Å². The van der Waals surface area contributed by atoms with E-state index in [-0.39, 0.29) is 26.1 Å². The molecule has 0 bridgehead atoms. The Hall–Kier alpha value is -1.37. The normalized spacial score (nSPS) is 11.4. The number of thiophene rings is 1. The maximum Gasteiger partial charge on any atom is 0.346 e. The third kappa shape index (κ3) is 2.97. The summed E-state index contributed by atoms with van der Waals surface area (Å²) in [4.78, 5) is 11.0. The van der Waals surface area contributed by atoms with E-state index in [1.54, 1.807) is 17.5 Å². The van der Waals surface area contributed by atoms with Crippen LogP contribution in [0.4, 0.5) is 0 Å². The molecule has 1 aromatic carbocycles. The molecule has 0 amide bonds. The van der Waals surface area contributed by atoms with Crippen LogP contribution in [0.3, 0.4) is 0 Å². The summed E-state index contributed by atoms with van der Waals surface area (Å²) in [6.07, 6.45) is 0. The molecule has 0 saturated heterocycles. The lowest BCUT2D eigenvalue weighted by molar-refractivity contribution is 0.0701. The first-order chi connectivity index (χ1) is 8.92. The van der Waals surface area contributed by atoms with E-state index in [9.17, 15) is 13.2 Å². The van der Waals surface area contributed by atoms with Crippen LogP contribution >= 0.6 is 22.9 Å².